The van der Waals surface area contributed by atoms with Crippen molar-refractivity contribution < 1.29 is 0 Å². The summed E-state index contributed by atoms with van der Waals surface area (Å²) in [5.41, 5.74) is 3.33. The lowest BCUT2D eigenvalue weighted by molar-refractivity contribution is 0.305. The molecule has 1 fully saturated rings. The molecule has 1 saturated carbocycles. The molecule has 1 aliphatic heterocycles. The van der Waals surface area contributed by atoms with Crippen molar-refractivity contribution in [2.45, 2.75) is 44.1 Å². The molecule has 0 radical (unpaired) electrons. The smallest absolute Gasteiger partial charge is 0.0381 e. The van der Waals surface area contributed by atoms with Crippen molar-refractivity contribution in [3.63, 3.8) is 0 Å². The molecule has 2 atom stereocenters. The van der Waals surface area contributed by atoms with Crippen molar-refractivity contribution >= 4 is 5.69 Å². The third-order valence-corrected chi connectivity index (χ3v) is 4.08. The molecule has 1 aliphatic carbocycles. The van der Waals surface area contributed by atoms with Crippen molar-refractivity contribution in [3.05, 3.63) is 29.8 Å². The van der Waals surface area contributed by atoms with E-state index in [0.29, 0.717) is 11.5 Å². The van der Waals surface area contributed by atoms with Gasteiger partial charge in [0.05, 0.1) is 0 Å². The minimum atomic E-state index is 0.412. The first-order chi connectivity index (χ1) is 6.81. The number of para-hydroxylation sites is 1. The Morgan fingerprint density at radius 1 is 1.29 bits per heavy atom. The molecule has 0 saturated heterocycles. The minimum Gasteiger partial charge on any atom is -0.381 e. The Balaban J connectivity index is 2.10. The fourth-order valence-electron chi connectivity index (χ4n) is 3.18. The third kappa shape index (κ3) is 0.956. The largest absolute Gasteiger partial charge is 0.381 e. The molecule has 14 heavy (non-hydrogen) atoms. The highest BCUT2D eigenvalue weighted by molar-refractivity contribution is 5.62. The standard InChI is InChI=1S/C13H17N/c1-13-9-5-4-8-12(13)14-11-7-3-2-6-10(11)13/h2-3,6-7,12,14H,4-5,8-9H2,1H3/t12-,13+/m1/s1. The lowest BCUT2D eigenvalue weighted by atomic mass is 9.70. The topological polar surface area (TPSA) is 12.0 Å². The van der Waals surface area contributed by atoms with Gasteiger partial charge in [-0.1, -0.05) is 38.0 Å². The molecule has 0 unspecified atom stereocenters. The Bertz CT molecular complexity index is 358. The average Bonchev–Trinajstić information content (AvgIpc) is 2.51. The number of anilines is 1. The summed E-state index contributed by atoms with van der Waals surface area (Å²) in [6.07, 6.45) is 5.47. The molecule has 1 heterocycles. The van der Waals surface area contributed by atoms with Crippen LogP contribution >= 0.6 is 0 Å². The fourth-order valence-corrected chi connectivity index (χ4v) is 3.18. The summed E-state index contributed by atoms with van der Waals surface area (Å²) in [6.45, 7) is 2.43. The van der Waals surface area contributed by atoms with Crippen LogP contribution in [0.3, 0.4) is 0 Å². The van der Waals surface area contributed by atoms with Crippen LogP contribution in [0.2, 0.25) is 0 Å². The van der Waals surface area contributed by atoms with Crippen LogP contribution in [0.4, 0.5) is 5.69 Å². The van der Waals surface area contributed by atoms with E-state index in [-0.39, 0.29) is 0 Å². The summed E-state index contributed by atoms with van der Waals surface area (Å²) < 4.78 is 0. The summed E-state index contributed by atoms with van der Waals surface area (Å²) in [5, 5.41) is 3.68. The van der Waals surface area contributed by atoms with Crippen molar-refractivity contribution in [1.82, 2.24) is 0 Å². The molecular formula is C13H17N. The lowest BCUT2D eigenvalue weighted by Crippen LogP contribution is -2.38. The van der Waals surface area contributed by atoms with Crippen LogP contribution in [0.25, 0.3) is 0 Å². The number of benzene rings is 1. The van der Waals surface area contributed by atoms with E-state index in [0.717, 1.165) is 0 Å². The van der Waals surface area contributed by atoms with Gasteiger partial charge in [0.1, 0.15) is 0 Å². The number of hydrogen-bond acceptors (Lipinski definition) is 1. The molecule has 74 valence electrons. The quantitative estimate of drug-likeness (QED) is 0.657. The molecular weight excluding hydrogens is 170 g/mol. The second-order valence-corrected chi connectivity index (χ2v) is 4.91. The number of nitrogens with one attached hydrogen (secondary N) is 1. The van der Waals surface area contributed by atoms with Gasteiger partial charge in [0.2, 0.25) is 0 Å². The first-order valence-corrected chi connectivity index (χ1v) is 5.67. The monoisotopic (exact) mass is 187 g/mol. The second-order valence-electron chi connectivity index (χ2n) is 4.91. The maximum Gasteiger partial charge on any atom is 0.0381 e. The van der Waals surface area contributed by atoms with Crippen molar-refractivity contribution in [2.75, 3.05) is 5.32 Å². The van der Waals surface area contributed by atoms with Gasteiger partial charge >= 0.3 is 0 Å². The van der Waals surface area contributed by atoms with Gasteiger partial charge in [-0.25, -0.2) is 0 Å². The van der Waals surface area contributed by atoms with Gasteiger partial charge < -0.3 is 5.32 Å². The molecule has 1 N–H and O–H groups in total. The highest BCUT2D eigenvalue weighted by atomic mass is 15.0. The molecule has 0 bridgehead atoms. The highest BCUT2D eigenvalue weighted by Crippen LogP contribution is 2.48. The van der Waals surface area contributed by atoms with E-state index in [1.807, 2.05) is 0 Å². The summed E-state index contributed by atoms with van der Waals surface area (Å²) >= 11 is 0. The molecule has 3 rings (SSSR count). The van der Waals surface area contributed by atoms with E-state index in [1.165, 1.54) is 31.4 Å². The van der Waals surface area contributed by atoms with E-state index in [4.69, 9.17) is 0 Å². The zero-order chi connectivity index (χ0) is 9.60. The molecule has 1 heteroatoms. The lowest BCUT2D eigenvalue weighted by Gasteiger charge is -2.36. The Morgan fingerprint density at radius 2 is 2.14 bits per heavy atom. The number of hydrogen-bond donors (Lipinski definition) is 1. The van der Waals surface area contributed by atoms with Crippen LogP contribution in [0.1, 0.15) is 38.2 Å². The maximum absolute atomic E-state index is 3.68. The average molecular weight is 187 g/mol. The van der Waals surface area contributed by atoms with Crippen LogP contribution in [0.15, 0.2) is 24.3 Å². The van der Waals surface area contributed by atoms with E-state index in [9.17, 15) is 0 Å². The third-order valence-electron chi connectivity index (χ3n) is 4.08. The molecule has 1 aromatic rings. The SMILES string of the molecule is C[C@@]12CCCC[C@H]1Nc1ccccc12. The summed E-state index contributed by atoms with van der Waals surface area (Å²) in [4.78, 5) is 0. The summed E-state index contributed by atoms with van der Waals surface area (Å²) in [5.74, 6) is 0. The molecule has 0 spiro atoms. The van der Waals surface area contributed by atoms with E-state index < -0.39 is 0 Å². The molecule has 0 aromatic heterocycles. The Labute approximate surface area is 85.5 Å². The van der Waals surface area contributed by atoms with Crippen molar-refractivity contribution in [1.29, 1.82) is 0 Å². The van der Waals surface area contributed by atoms with Crippen molar-refractivity contribution in [3.8, 4) is 0 Å². The van der Waals surface area contributed by atoms with Crippen LogP contribution < -0.4 is 5.32 Å². The fraction of sp³-hybridized carbons (Fsp3) is 0.538. The Kier molecular flexibility index (Phi) is 1.64. The highest BCUT2D eigenvalue weighted by Gasteiger charge is 2.43. The summed E-state index contributed by atoms with van der Waals surface area (Å²) in [6, 6.07) is 9.51. The first kappa shape index (κ1) is 8.34. The van der Waals surface area contributed by atoms with Crippen LogP contribution in [0, 0.1) is 0 Å². The first-order valence-electron chi connectivity index (χ1n) is 5.67. The van der Waals surface area contributed by atoms with Crippen LogP contribution in [0.5, 0.6) is 0 Å². The Morgan fingerprint density at radius 3 is 3.07 bits per heavy atom. The van der Waals surface area contributed by atoms with Gasteiger partial charge in [-0.3, -0.25) is 0 Å². The van der Waals surface area contributed by atoms with Gasteiger partial charge in [-0.15, -0.1) is 0 Å². The molecule has 0 amide bonds. The van der Waals surface area contributed by atoms with Gasteiger partial charge in [0.15, 0.2) is 0 Å². The van der Waals surface area contributed by atoms with Gasteiger partial charge in [0.25, 0.3) is 0 Å². The van der Waals surface area contributed by atoms with Crippen molar-refractivity contribution in [2.24, 2.45) is 0 Å². The van der Waals surface area contributed by atoms with Crippen LogP contribution in [-0.2, 0) is 5.41 Å². The number of rotatable bonds is 0. The molecule has 1 aromatic carbocycles. The van der Waals surface area contributed by atoms with Gasteiger partial charge in [-0.05, 0) is 24.5 Å². The minimum absolute atomic E-state index is 0.412. The van der Waals surface area contributed by atoms with E-state index >= 15 is 0 Å². The predicted octanol–water partition coefficient (Wildman–Crippen LogP) is 3.31. The zero-order valence-electron chi connectivity index (χ0n) is 8.72. The van der Waals surface area contributed by atoms with Gasteiger partial charge in [0, 0.05) is 17.1 Å². The zero-order valence-corrected chi connectivity index (χ0v) is 8.72. The second kappa shape index (κ2) is 2.75. The molecule has 1 nitrogen and oxygen atoms in total. The van der Waals surface area contributed by atoms with E-state index in [2.05, 4.69) is 36.5 Å². The van der Waals surface area contributed by atoms with Gasteiger partial charge in [-0.2, -0.15) is 0 Å². The normalized spacial score (nSPS) is 34.5. The van der Waals surface area contributed by atoms with Crippen LogP contribution in [-0.4, -0.2) is 6.04 Å². The molecule has 2 aliphatic rings. The summed E-state index contributed by atoms with van der Waals surface area (Å²) in [7, 11) is 0. The predicted molar refractivity (Wildman–Crippen MR) is 59.7 cm³/mol. The van der Waals surface area contributed by atoms with E-state index in [1.54, 1.807) is 5.56 Å². The number of fused-ring (bicyclic) bond motifs is 3. The Hall–Kier alpha value is -0.980. The maximum atomic E-state index is 3.68.